The van der Waals surface area contributed by atoms with Crippen molar-refractivity contribution < 1.29 is 0 Å². The molecule has 0 aliphatic carbocycles. The minimum atomic E-state index is -0.293. The van der Waals surface area contributed by atoms with E-state index in [1.54, 1.807) is 29.4 Å². The molecule has 0 fully saturated rings. The van der Waals surface area contributed by atoms with Crippen molar-refractivity contribution in [3.63, 3.8) is 0 Å². The van der Waals surface area contributed by atoms with Crippen LogP contribution in [0.1, 0.15) is 11.1 Å². The Bertz CT molecular complexity index is 1030. The first-order valence-corrected chi connectivity index (χ1v) is 8.05. The lowest BCUT2D eigenvalue weighted by atomic mass is 10.2. The lowest BCUT2D eigenvalue weighted by molar-refractivity contribution is 0.692. The molecular weight excluding hydrogens is 314 g/mol. The summed E-state index contributed by atoms with van der Waals surface area (Å²) < 4.78 is 1.56. The maximum atomic E-state index is 12.2. The zero-order chi connectivity index (χ0) is 17.1. The van der Waals surface area contributed by atoms with E-state index in [-0.39, 0.29) is 5.69 Å². The van der Waals surface area contributed by atoms with Gasteiger partial charge in [-0.1, -0.05) is 12.1 Å². The van der Waals surface area contributed by atoms with Crippen molar-refractivity contribution in [3.05, 3.63) is 88.9 Å². The highest BCUT2D eigenvalue weighted by atomic mass is 16.1. The third-order valence-electron chi connectivity index (χ3n) is 4.06. The van der Waals surface area contributed by atoms with Gasteiger partial charge in [0.15, 0.2) is 0 Å². The summed E-state index contributed by atoms with van der Waals surface area (Å²) in [6, 6.07) is 13.8. The molecule has 0 aliphatic heterocycles. The number of aromatic nitrogens is 4. The highest BCUT2D eigenvalue weighted by molar-refractivity contribution is 5.74. The van der Waals surface area contributed by atoms with Crippen molar-refractivity contribution in [2.75, 3.05) is 0 Å². The predicted octanol–water partition coefficient (Wildman–Crippen LogP) is 2.40. The molecule has 0 aliphatic rings. The number of nitrogens with one attached hydrogen (secondary N) is 2. The van der Waals surface area contributed by atoms with Crippen molar-refractivity contribution in [1.82, 2.24) is 24.8 Å². The largest absolute Gasteiger partial charge is 0.354 e. The van der Waals surface area contributed by atoms with E-state index in [2.05, 4.69) is 20.3 Å². The smallest absolute Gasteiger partial charge is 0.346 e. The van der Waals surface area contributed by atoms with Gasteiger partial charge in [0.25, 0.3) is 0 Å². The predicted molar refractivity (Wildman–Crippen MR) is 96.5 cm³/mol. The number of pyridine rings is 1. The Balaban J connectivity index is 1.47. The van der Waals surface area contributed by atoms with E-state index in [0.717, 1.165) is 29.7 Å². The molecule has 0 bridgehead atoms. The van der Waals surface area contributed by atoms with Crippen molar-refractivity contribution in [2.45, 2.75) is 13.1 Å². The van der Waals surface area contributed by atoms with E-state index >= 15 is 0 Å². The van der Waals surface area contributed by atoms with E-state index in [1.165, 1.54) is 5.56 Å². The van der Waals surface area contributed by atoms with Gasteiger partial charge in [0.1, 0.15) is 5.65 Å². The van der Waals surface area contributed by atoms with Crippen LogP contribution in [0.25, 0.3) is 16.7 Å². The summed E-state index contributed by atoms with van der Waals surface area (Å²) in [6.45, 7) is 1.55. The lowest BCUT2D eigenvalue weighted by Crippen LogP contribution is -2.20. The minimum Gasteiger partial charge on any atom is -0.346 e. The molecule has 0 spiro atoms. The second-order valence-electron chi connectivity index (χ2n) is 5.80. The van der Waals surface area contributed by atoms with Crippen molar-refractivity contribution in [2.24, 2.45) is 0 Å². The van der Waals surface area contributed by atoms with Gasteiger partial charge in [0.05, 0.1) is 5.69 Å². The summed E-state index contributed by atoms with van der Waals surface area (Å²) in [4.78, 5) is 23.2. The monoisotopic (exact) mass is 331 g/mol. The van der Waals surface area contributed by atoms with Crippen LogP contribution in [0.2, 0.25) is 0 Å². The SMILES string of the molecule is O=c1nc2[nH]ccc2cn1-c1ccc(CNCc2ccncc2)cc1. The molecule has 6 heteroatoms. The Hall–Kier alpha value is -3.25. The van der Waals surface area contributed by atoms with Gasteiger partial charge in [-0.05, 0) is 41.5 Å². The van der Waals surface area contributed by atoms with E-state index in [9.17, 15) is 4.79 Å². The molecule has 3 heterocycles. The van der Waals surface area contributed by atoms with Crippen LogP contribution in [0.3, 0.4) is 0 Å². The van der Waals surface area contributed by atoms with Crippen LogP contribution in [0.4, 0.5) is 0 Å². The zero-order valence-corrected chi connectivity index (χ0v) is 13.5. The maximum Gasteiger partial charge on any atom is 0.354 e. The minimum absolute atomic E-state index is 0.293. The molecule has 0 atom stereocenters. The normalized spacial score (nSPS) is 11.0. The standard InChI is InChI=1S/C19H17N5O/c25-19-23-18-16(7-10-22-18)13-24(19)17-3-1-14(2-4-17)11-21-12-15-5-8-20-9-6-15/h1-10,13,21H,11-12H2,(H,22,23,25). The van der Waals surface area contributed by atoms with E-state index in [0.29, 0.717) is 5.65 Å². The molecule has 0 saturated heterocycles. The molecule has 124 valence electrons. The van der Waals surface area contributed by atoms with Gasteiger partial charge < -0.3 is 10.3 Å². The third kappa shape index (κ3) is 3.34. The Kier molecular flexibility index (Phi) is 4.10. The van der Waals surface area contributed by atoms with Crippen LogP contribution in [0.15, 0.2) is 72.0 Å². The zero-order valence-electron chi connectivity index (χ0n) is 13.5. The number of rotatable bonds is 5. The number of nitrogens with zero attached hydrogens (tertiary/aromatic N) is 3. The quantitative estimate of drug-likeness (QED) is 0.589. The summed E-state index contributed by atoms with van der Waals surface area (Å²) in [5, 5.41) is 4.30. The van der Waals surface area contributed by atoms with Gasteiger partial charge >= 0.3 is 5.69 Å². The van der Waals surface area contributed by atoms with Gasteiger partial charge in [0, 0.05) is 43.3 Å². The van der Waals surface area contributed by atoms with Crippen LogP contribution >= 0.6 is 0 Å². The summed E-state index contributed by atoms with van der Waals surface area (Å²) in [5.41, 5.74) is 3.47. The molecule has 0 radical (unpaired) electrons. The summed E-state index contributed by atoms with van der Waals surface area (Å²) in [5.74, 6) is 0. The molecule has 0 saturated carbocycles. The fraction of sp³-hybridized carbons (Fsp3) is 0.105. The molecule has 4 rings (SSSR count). The average molecular weight is 331 g/mol. The number of benzene rings is 1. The number of aromatic amines is 1. The Morgan fingerprint density at radius 2 is 1.68 bits per heavy atom. The third-order valence-corrected chi connectivity index (χ3v) is 4.06. The molecule has 0 amide bonds. The van der Waals surface area contributed by atoms with Crippen LogP contribution in [0, 0.1) is 0 Å². The lowest BCUT2D eigenvalue weighted by Gasteiger charge is -2.08. The molecule has 2 N–H and O–H groups in total. The van der Waals surface area contributed by atoms with Crippen LogP contribution in [-0.2, 0) is 13.1 Å². The van der Waals surface area contributed by atoms with E-state index in [1.807, 2.05) is 42.5 Å². The van der Waals surface area contributed by atoms with Crippen molar-refractivity contribution >= 4 is 11.0 Å². The number of hydrogen-bond donors (Lipinski definition) is 2. The number of fused-ring (bicyclic) bond motifs is 1. The first kappa shape index (κ1) is 15.3. The van der Waals surface area contributed by atoms with E-state index in [4.69, 9.17) is 0 Å². The molecule has 6 nitrogen and oxygen atoms in total. The summed E-state index contributed by atoms with van der Waals surface area (Å²) >= 11 is 0. The fourth-order valence-corrected chi connectivity index (χ4v) is 2.73. The van der Waals surface area contributed by atoms with Crippen LogP contribution < -0.4 is 11.0 Å². The molecule has 25 heavy (non-hydrogen) atoms. The van der Waals surface area contributed by atoms with Gasteiger partial charge in [-0.15, -0.1) is 0 Å². The van der Waals surface area contributed by atoms with Gasteiger partial charge in [-0.3, -0.25) is 9.55 Å². The Morgan fingerprint density at radius 3 is 2.44 bits per heavy atom. The molecule has 1 aromatic carbocycles. The first-order chi connectivity index (χ1) is 12.3. The van der Waals surface area contributed by atoms with E-state index < -0.39 is 0 Å². The van der Waals surface area contributed by atoms with Gasteiger partial charge in [-0.25, -0.2) is 4.79 Å². The fourth-order valence-electron chi connectivity index (χ4n) is 2.73. The Labute approximate surface area is 144 Å². The summed E-state index contributed by atoms with van der Waals surface area (Å²) in [7, 11) is 0. The maximum absolute atomic E-state index is 12.2. The van der Waals surface area contributed by atoms with Gasteiger partial charge in [-0.2, -0.15) is 4.98 Å². The number of H-pyrrole nitrogens is 1. The molecule has 0 unspecified atom stereocenters. The van der Waals surface area contributed by atoms with Crippen molar-refractivity contribution in [3.8, 4) is 5.69 Å². The second-order valence-corrected chi connectivity index (χ2v) is 5.80. The summed E-state index contributed by atoms with van der Waals surface area (Å²) in [6.07, 6.45) is 7.16. The average Bonchev–Trinajstić information content (AvgIpc) is 3.10. The van der Waals surface area contributed by atoms with Crippen LogP contribution in [0.5, 0.6) is 0 Å². The molecular formula is C19H17N5O. The Morgan fingerprint density at radius 1 is 0.960 bits per heavy atom. The topological polar surface area (TPSA) is 75.6 Å². The van der Waals surface area contributed by atoms with Gasteiger partial charge in [0.2, 0.25) is 0 Å². The number of hydrogen-bond acceptors (Lipinski definition) is 4. The molecule has 4 aromatic rings. The second kappa shape index (κ2) is 6.70. The molecule has 3 aromatic heterocycles. The first-order valence-electron chi connectivity index (χ1n) is 8.05. The highest BCUT2D eigenvalue weighted by Crippen LogP contribution is 2.12. The highest BCUT2D eigenvalue weighted by Gasteiger charge is 2.04. The van der Waals surface area contributed by atoms with Crippen molar-refractivity contribution in [1.29, 1.82) is 0 Å². The van der Waals surface area contributed by atoms with Crippen LogP contribution in [-0.4, -0.2) is 19.5 Å².